The lowest BCUT2D eigenvalue weighted by atomic mass is 10.1. The number of hydrogen-bond donors (Lipinski definition) is 0. The molecule has 1 aliphatic heterocycles. The minimum atomic E-state index is -4.20. The van der Waals surface area contributed by atoms with Crippen molar-refractivity contribution in [2.75, 3.05) is 37.6 Å². The van der Waals surface area contributed by atoms with Gasteiger partial charge in [-0.1, -0.05) is 0 Å². The van der Waals surface area contributed by atoms with Crippen LogP contribution < -0.4 is 4.90 Å². The van der Waals surface area contributed by atoms with Crippen LogP contribution >= 0.6 is 0 Å². The van der Waals surface area contributed by atoms with E-state index >= 15 is 0 Å². The molecule has 0 unspecified atom stereocenters. The molecular weight excluding hydrogens is 276 g/mol. The summed E-state index contributed by atoms with van der Waals surface area (Å²) in [5, 5.41) is 0. The van der Waals surface area contributed by atoms with E-state index in [0.29, 0.717) is 25.1 Å². The van der Waals surface area contributed by atoms with Gasteiger partial charge < -0.3 is 4.90 Å². The minimum Gasteiger partial charge on any atom is -0.368 e. The predicted molar refractivity (Wildman–Crippen MR) is 66.5 cm³/mol. The summed E-state index contributed by atoms with van der Waals surface area (Å²) in [6.07, 6.45) is -3.65. The van der Waals surface area contributed by atoms with Crippen LogP contribution in [0.3, 0.4) is 0 Å². The quantitative estimate of drug-likeness (QED) is 0.630. The molecule has 1 aliphatic rings. The zero-order valence-corrected chi connectivity index (χ0v) is 10.7. The number of halogens is 4. The van der Waals surface area contributed by atoms with Gasteiger partial charge in [-0.2, -0.15) is 13.2 Å². The highest BCUT2D eigenvalue weighted by atomic mass is 19.4. The highest BCUT2D eigenvalue weighted by Crippen LogP contribution is 2.23. The van der Waals surface area contributed by atoms with Crippen molar-refractivity contribution in [3.8, 4) is 0 Å². The molecule has 110 valence electrons. The van der Waals surface area contributed by atoms with Crippen LogP contribution in [0.25, 0.3) is 0 Å². The Hall–Kier alpha value is -1.63. The first-order chi connectivity index (χ1) is 9.39. The molecule has 0 spiro atoms. The molecule has 0 bridgehead atoms. The number of hydrogen-bond acceptors (Lipinski definition) is 3. The number of aldehydes is 1. The number of carbonyl (C=O) groups is 1. The van der Waals surface area contributed by atoms with Crippen LogP contribution in [0, 0.1) is 5.82 Å². The third-order valence-corrected chi connectivity index (χ3v) is 3.23. The smallest absolute Gasteiger partial charge is 0.368 e. The highest BCUT2D eigenvalue weighted by Gasteiger charge is 2.32. The van der Waals surface area contributed by atoms with Gasteiger partial charge in [0.2, 0.25) is 0 Å². The average Bonchev–Trinajstić information content (AvgIpc) is 2.38. The van der Waals surface area contributed by atoms with Gasteiger partial charge in [-0.15, -0.1) is 0 Å². The van der Waals surface area contributed by atoms with Crippen molar-refractivity contribution in [2.45, 2.75) is 6.18 Å². The van der Waals surface area contributed by atoms with E-state index in [1.807, 2.05) is 0 Å². The Kier molecular flexibility index (Phi) is 4.27. The molecule has 0 aliphatic carbocycles. The second-order valence-corrected chi connectivity index (χ2v) is 4.70. The summed E-state index contributed by atoms with van der Waals surface area (Å²) in [6, 6.07) is 3.85. The topological polar surface area (TPSA) is 23.6 Å². The molecule has 7 heteroatoms. The van der Waals surface area contributed by atoms with Crippen LogP contribution in [0.4, 0.5) is 23.2 Å². The maximum atomic E-state index is 13.0. The third kappa shape index (κ3) is 3.69. The summed E-state index contributed by atoms with van der Waals surface area (Å²) in [5.41, 5.74) is 0.780. The fourth-order valence-corrected chi connectivity index (χ4v) is 2.31. The largest absolute Gasteiger partial charge is 0.401 e. The fourth-order valence-electron chi connectivity index (χ4n) is 2.31. The van der Waals surface area contributed by atoms with Gasteiger partial charge in [0.25, 0.3) is 0 Å². The van der Waals surface area contributed by atoms with Crippen molar-refractivity contribution in [3.05, 3.63) is 29.6 Å². The summed E-state index contributed by atoms with van der Waals surface area (Å²) in [4.78, 5) is 14.0. The number of piperazine rings is 1. The molecule has 0 saturated carbocycles. The van der Waals surface area contributed by atoms with E-state index in [-0.39, 0.29) is 18.7 Å². The van der Waals surface area contributed by atoms with Gasteiger partial charge in [-0.05, 0) is 18.2 Å². The first kappa shape index (κ1) is 14.8. The molecule has 3 nitrogen and oxygen atoms in total. The van der Waals surface area contributed by atoms with Crippen LogP contribution in [0.1, 0.15) is 10.4 Å². The molecule has 1 aromatic rings. The Labute approximate surface area is 113 Å². The van der Waals surface area contributed by atoms with Crippen molar-refractivity contribution in [3.63, 3.8) is 0 Å². The van der Waals surface area contributed by atoms with E-state index in [4.69, 9.17) is 0 Å². The van der Waals surface area contributed by atoms with Crippen LogP contribution in [0.2, 0.25) is 0 Å². The van der Waals surface area contributed by atoms with E-state index in [2.05, 4.69) is 0 Å². The van der Waals surface area contributed by atoms with E-state index in [9.17, 15) is 22.4 Å². The Morgan fingerprint density at radius 3 is 2.35 bits per heavy atom. The van der Waals surface area contributed by atoms with Crippen LogP contribution in [-0.2, 0) is 0 Å². The van der Waals surface area contributed by atoms with Gasteiger partial charge in [0.05, 0.1) is 6.54 Å². The number of benzene rings is 1. The van der Waals surface area contributed by atoms with Crippen LogP contribution in [0.15, 0.2) is 18.2 Å². The minimum absolute atomic E-state index is 0.217. The first-order valence-corrected chi connectivity index (χ1v) is 6.18. The van der Waals surface area contributed by atoms with Gasteiger partial charge in [0.15, 0.2) is 6.29 Å². The summed E-state index contributed by atoms with van der Waals surface area (Å²) in [6.45, 7) is 0.347. The first-order valence-electron chi connectivity index (χ1n) is 6.18. The van der Waals surface area contributed by atoms with Gasteiger partial charge >= 0.3 is 6.18 Å². The Morgan fingerprint density at radius 2 is 1.80 bits per heavy atom. The monoisotopic (exact) mass is 290 g/mol. The fraction of sp³-hybridized carbons (Fsp3) is 0.462. The summed E-state index contributed by atoms with van der Waals surface area (Å²) >= 11 is 0. The van der Waals surface area contributed by atoms with Crippen molar-refractivity contribution in [1.82, 2.24) is 4.90 Å². The van der Waals surface area contributed by atoms with Gasteiger partial charge in [-0.3, -0.25) is 9.69 Å². The summed E-state index contributed by atoms with van der Waals surface area (Å²) < 4.78 is 49.9. The standard InChI is InChI=1S/C13H14F4N2O/c14-11-1-2-12(10(7-11)8-20)19-5-3-18(4-6-19)9-13(15,16)17/h1-2,7-8H,3-6,9H2. The molecule has 1 fully saturated rings. The van der Waals surface area contributed by atoms with E-state index in [0.717, 1.165) is 6.07 Å². The van der Waals surface area contributed by atoms with E-state index in [1.54, 1.807) is 4.90 Å². The Balaban J connectivity index is 2.02. The van der Waals surface area contributed by atoms with Crippen molar-refractivity contribution < 1.29 is 22.4 Å². The Bertz CT molecular complexity index is 482. The van der Waals surface area contributed by atoms with Crippen LogP contribution in [-0.4, -0.2) is 50.1 Å². The molecular formula is C13H14F4N2O. The van der Waals surface area contributed by atoms with Crippen molar-refractivity contribution in [1.29, 1.82) is 0 Å². The highest BCUT2D eigenvalue weighted by molar-refractivity contribution is 5.84. The molecule has 2 rings (SSSR count). The molecule has 0 aromatic heterocycles. The van der Waals surface area contributed by atoms with E-state index < -0.39 is 18.5 Å². The zero-order chi connectivity index (χ0) is 14.8. The summed E-state index contributed by atoms with van der Waals surface area (Å²) in [7, 11) is 0. The lowest BCUT2D eigenvalue weighted by Crippen LogP contribution is -2.49. The maximum Gasteiger partial charge on any atom is 0.401 e. The van der Waals surface area contributed by atoms with Crippen molar-refractivity contribution in [2.24, 2.45) is 0 Å². The Morgan fingerprint density at radius 1 is 1.15 bits per heavy atom. The number of anilines is 1. The van der Waals surface area contributed by atoms with Crippen LogP contribution in [0.5, 0.6) is 0 Å². The van der Waals surface area contributed by atoms with Gasteiger partial charge in [0, 0.05) is 37.4 Å². The molecule has 20 heavy (non-hydrogen) atoms. The second-order valence-electron chi connectivity index (χ2n) is 4.70. The lowest BCUT2D eigenvalue weighted by molar-refractivity contribution is -0.146. The normalized spacial score (nSPS) is 17.3. The van der Waals surface area contributed by atoms with E-state index in [1.165, 1.54) is 17.0 Å². The molecule has 0 amide bonds. The number of carbonyl (C=O) groups excluding carboxylic acids is 1. The SMILES string of the molecule is O=Cc1cc(F)ccc1N1CCN(CC(F)(F)F)CC1. The van der Waals surface area contributed by atoms with Crippen molar-refractivity contribution >= 4 is 12.0 Å². The molecule has 0 atom stereocenters. The summed E-state index contributed by atoms with van der Waals surface area (Å²) in [5.74, 6) is -0.508. The lowest BCUT2D eigenvalue weighted by Gasteiger charge is -2.36. The molecule has 1 aromatic carbocycles. The number of rotatable bonds is 3. The molecule has 1 heterocycles. The zero-order valence-electron chi connectivity index (χ0n) is 10.7. The molecule has 0 N–H and O–H groups in total. The molecule has 0 radical (unpaired) electrons. The third-order valence-electron chi connectivity index (χ3n) is 3.23. The maximum absolute atomic E-state index is 13.0. The average molecular weight is 290 g/mol. The number of nitrogens with zero attached hydrogens (tertiary/aromatic N) is 2. The predicted octanol–water partition coefficient (Wildman–Crippen LogP) is 2.32. The second kappa shape index (κ2) is 5.78. The van der Waals surface area contributed by atoms with Gasteiger partial charge in [-0.25, -0.2) is 4.39 Å². The number of alkyl halides is 3. The molecule has 1 saturated heterocycles. The van der Waals surface area contributed by atoms with Gasteiger partial charge in [0.1, 0.15) is 5.82 Å².